The maximum absolute atomic E-state index is 4.35. The lowest BCUT2D eigenvalue weighted by molar-refractivity contribution is 0.793. The summed E-state index contributed by atoms with van der Waals surface area (Å²) in [4.78, 5) is 4.87. The van der Waals surface area contributed by atoms with E-state index in [1.165, 1.54) is 88.6 Å². The number of anilines is 5. The quantitative estimate of drug-likeness (QED) is 0.0842. The van der Waals surface area contributed by atoms with Crippen LogP contribution in [-0.2, 0) is 5.41 Å². The summed E-state index contributed by atoms with van der Waals surface area (Å²) in [5.74, 6) is 0. The van der Waals surface area contributed by atoms with Gasteiger partial charge in [0.25, 0.3) is 0 Å². The van der Waals surface area contributed by atoms with Crippen molar-refractivity contribution in [1.29, 1.82) is 0 Å². The van der Waals surface area contributed by atoms with Crippen molar-refractivity contribution in [3.63, 3.8) is 0 Å². The summed E-state index contributed by atoms with van der Waals surface area (Å²) in [6.45, 7) is 6.54. The molecule has 84 heavy (non-hydrogen) atoms. The van der Waals surface area contributed by atoms with Gasteiger partial charge in [0.05, 0.1) is 22.1 Å². The van der Waals surface area contributed by atoms with Crippen molar-refractivity contribution in [2.75, 3.05) is 9.80 Å². The topological polar surface area (TPSA) is 11.4 Å². The van der Waals surface area contributed by atoms with E-state index in [0.717, 1.165) is 50.9 Å². The average Bonchev–Trinajstić information content (AvgIpc) is 1.70. The van der Waals surface area contributed by atoms with Crippen molar-refractivity contribution in [3.8, 4) is 50.2 Å². The van der Waals surface area contributed by atoms with Gasteiger partial charge in [-0.2, -0.15) is 0 Å². The smallest absolute Gasteiger partial charge is 0.0726 e. The summed E-state index contributed by atoms with van der Waals surface area (Å²) >= 11 is 0. The normalized spacial score (nSPS) is 12.9. The largest absolute Gasteiger partial charge is 0.313 e. The summed E-state index contributed by atoms with van der Waals surface area (Å²) in [5, 5.41) is 2.42. The highest BCUT2D eigenvalue weighted by molar-refractivity contribution is 6.11. The Balaban J connectivity index is 0.845. The van der Waals surface area contributed by atoms with Gasteiger partial charge in [0, 0.05) is 56.9 Å². The fourth-order valence-electron chi connectivity index (χ4n) is 13.6. The van der Waals surface area contributed by atoms with Crippen LogP contribution < -0.4 is 9.80 Å². The van der Waals surface area contributed by atoms with Crippen LogP contribution in [0.5, 0.6) is 0 Å². The Bertz CT molecular complexity index is 4640. The van der Waals surface area contributed by atoms with Gasteiger partial charge in [-0.15, -0.1) is 6.58 Å². The minimum Gasteiger partial charge on any atom is -0.313 e. The van der Waals surface area contributed by atoms with Gasteiger partial charge in [-0.3, -0.25) is 0 Å². The first-order valence-corrected chi connectivity index (χ1v) is 29.1. The van der Waals surface area contributed by atoms with Crippen LogP contribution in [0.3, 0.4) is 0 Å². The number of hydrogen-bond donors (Lipinski definition) is 0. The minimum atomic E-state index is -0.473. The van der Waals surface area contributed by atoms with Crippen molar-refractivity contribution in [2.24, 2.45) is 0 Å². The first-order chi connectivity index (χ1) is 41.6. The number of para-hydroxylation sites is 2. The lowest BCUT2D eigenvalue weighted by atomic mass is 9.70. The van der Waals surface area contributed by atoms with E-state index in [-0.39, 0.29) is 0 Å². The Morgan fingerprint density at radius 1 is 0.405 bits per heavy atom. The summed E-state index contributed by atoms with van der Waals surface area (Å²) in [7, 11) is 0. The first-order valence-electron chi connectivity index (χ1n) is 29.1. The van der Waals surface area contributed by atoms with Gasteiger partial charge in [0.1, 0.15) is 0 Å². The summed E-state index contributed by atoms with van der Waals surface area (Å²) in [6, 6.07) is 109. The van der Waals surface area contributed by atoms with Gasteiger partial charge in [-0.05, 0) is 164 Å². The molecule has 2 aliphatic rings. The van der Waals surface area contributed by atoms with Crippen molar-refractivity contribution in [3.05, 3.63) is 356 Å². The van der Waals surface area contributed by atoms with E-state index < -0.39 is 5.41 Å². The van der Waals surface area contributed by atoms with E-state index in [1.54, 1.807) is 0 Å². The molecule has 12 aromatic carbocycles. The molecule has 0 aliphatic heterocycles. The maximum atomic E-state index is 4.35. The Morgan fingerprint density at radius 3 is 1.50 bits per heavy atom. The molecule has 0 atom stereocenters. The first kappa shape index (κ1) is 50.2. The van der Waals surface area contributed by atoms with Crippen molar-refractivity contribution in [2.45, 2.75) is 18.8 Å². The third-order valence-electron chi connectivity index (χ3n) is 17.4. The highest BCUT2D eigenvalue weighted by Crippen LogP contribution is 2.64. The van der Waals surface area contributed by atoms with Gasteiger partial charge in [0.2, 0.25) is 0 Å². The molecule has 0 N–H and O–H groups in total. The Hall–Kier alpha value is -10.7. The molecule has 1 heterocycles. The molecule has 13 aromatic rings. The molecule has 0 fully saturated rings. The lowest BCUT2D eigenvalue weighted by Crippen LogP contribution is -2.26. The van der Waals surface area contributed by atoms with E-state index in [2.05, 4.69) is 337 Å². The molecule has 2 aliphatic carbocycles. The monoisotopic (exact) mass is 1070 g/mol. The third kappa shape index (κ3) is 8.27. The van der Waals surface area contributed by atoms with Crippen LogP contribution in [-0.4, -0.2) is 4.57 Å². The number of allylic oxidation sites excluding steroid dienone is 4. The van der Waals surface area contributed by atoms with Crippen molar-refractivity contribution < 1.29 is 0 Å². The van der Waals surface area contributed by atoms with Crippen LogP contribution in [0, 0.1) is 0 Å². The fraction of sp³-hybridized carbons (Fsp3) is 0.0370. The van der Waals surface area contributed by atoms with Crippen LogP contribution >= 0.6 is 0 Å². The molecule has 0 amide bonds. The zero-order valence-corrected chi connectivity index (χ0v) is 46.8. The second-order valence-electron chi connectivity index (χ2n) is 22.0. The van der Waals surface area contributed by atoms with Crippen LogP contribution in [0.4, 0.5) is 28.4 Å². The predicted molar refractivity (Wildman–Crippen MR) is 354 cm³/mol. The zero-order chi connectivity index (χ0) is 56.1. The van der Waals surface area contributed by atoms with E-state index in [9.17, 15) is 0 Å². The third-order valence-corrected chi connectivity index (χ3v) is 17.4. The van der Waals surface area contributed by atoms with Gasteiger partial charge >= 0.3 is 0 Å². The van der Waals surface area contributed by atoms with E-state index in [0.29, 0.717) is 6.42 Å². The van der Waals surface area contributed by atoms with Gasteiger partial charge in [-0.1, -0.05) is 231 Å². The second-order valence-corrected chi connectivity index (χ2v) is 22.0. The predicted octanol–water partition coefficient (Wildman–Crippen LogP) is 21.6. The molecule has 1 spiro atoms. The fourth-order valence-corrected chi connectivity index (χ4v) is 13.6. The molecule has 3 nitrogen and oxygen atoms in total. The van der Waals surface area contributed by atoms with E-state index >= 15 is 0 Å². The van der Waals surface area contributed by atoms with Crippen molar-refractivity contribution in [1.82, 2.24) is 4.57 Å². The highest BCUT2D eigenvalue weighted by Gasteiger charge is 2.52. The van der Waals surface area contributed by atoms with Crippen LogP contribution in [0.2, 0.25) is 0 Å². The number of rotatable bonds is 13. The van der Waals surface area contributed by atoms with Crippen LogP contribution in [0.15, 0.2) is 328 Å². The Kier molecular flexibility index (Phi) is 12.5. The van der Waals surface area contributed by atoms with Crippen LogP contribution in [0.25, 0.3) is 77.6 Å². The van der Waals surface area contributed by atoms with Gasteiger partial charge in [-0.25, -0.2) is 0 Å². The van der Waals surface area contributed by atoms with E-state index in [4.69, 9.17) is 0 Å². The summed E-state index contributed by atoms with van der Waals surface area (Å²) in [6.07, 6.45) is 7.25. The van der Waals surface area contributed by atoms with Crippen LogP contribution in [0.1, 0.15) is 41.2 Å². The van der Waals surface area contributed by atoms with Gasteiger partial charge < -0.3 is 14.4 Å². The average molecular weight is 1070 g/mol. The summed E-state index contributed by atoms with van der Waals surface area (Å²) in [5.41, 5.74) is 27.0. The summed E-state index contributed by atoms with van der Waals surface area (Å²) < 4.78 is 2.38. The number of fused-ring (bicyclic) bond motifs is 13. The number of benzene rings is 12. The van der Waals surface area contributed by atoms with Crippen molar-refractivity contribution >= 4 is 55.8 Å². The molecular formula is C81H59N3. The molecule has 1 aromatic heterocycles. The number of aromatic nitrogens is 1. The molecular weight excluding hydrogens is 1010 g/mol. The molecule has 0 bridgehead atoms. The molecule has 0 saturated heterocycles. The Morgan fingerprint density at radius 2 is 0.881 bits per heavy atom. The highest BCUT2D eigenvalue weighted by atomic mass is 15.2. The second kappa shape index (κ2) is 21.0. The number of hydrogen-bond acceptors (Lipinski definition) is 2. The molecule has 3 heteroatoms. The van der Waals surface area contributed by atoms with E-state index in [1.807, 2.05) is 6.08 Å². The molecule has 0 radical (unpaired) electrons. The SMILES string of the molecule is C=CC/C(=C\C=C(/C)c1ccccc1)N(c1ccc(-c2ccc(N(c3ccc(-c4ccccc4)cc3)c3ccc4c(c3)c3ccccc3n4-c3ccccc3)cc2)cc1)c1cccc2c1-c1ccccc1C21c2ccccc2-c2ccccc21. The lowest BCUT2D eigenvalue weighted by Gasteiger charge is -2.32. The zero-order valence-electron chi connectivity index (χ0n) is 46.8. The minimum absolute atomic E-state index is 0.473. The molecule has 15 rings (SSSR count). The maximum Gasteiger partial charge on any atom is 0.0726 e. The molecule has 398 valence electrons. The standard InChI is InChI=1S/C81H59N3/c1-3-22-62(46-39-56(2)57-23-7-4-8-24-57)83(79-38-21-36-76-80(79)71-32-15-19-35-75(71)81(76)73-33-17-13-29-68(73)69-30-14-18-34-74(69)81)66-51-44-61(45-52-66)60-42-49-65(50-43-60)82(64-47-40-59(41-48-64)58-25-9-5-10-26-58)67-53-54-78-72(55-67)70-31-16-20-37-77(70)84(78)63-27-11-6-12-28-63/h3-21,23-55H,1,22H2,2H3/b56-39+,62-46+. The Labute approximate surface area is 492 Å². The molecule has 0 saturated carbocycles. The molecule has 0 unspecified atom stereocenters. The van der Waals surface area contributed by atoms with Gasteiger partial charge in [0.15, 0.2) is 0 Å². The number of nitrogens with zero attached hydrogens (tertiary/aromatic N) is 3.